The van der Waals surface area contributed by atoms with E-state index >= 15 is 0 Å². The lowest BCUT2D eigenvalue weighted by molar-refractivity contribution is 0.0734. The van der Waals surface area contributed by atoms with Crippen LogP contribution in [0.2, 0.25) is 0 Å². The number of methoxy groups -OCH3 is 2. The van der Waals surface area contributed by atoms with Crippen molar-refractivity contribution in [3.8, 4) is 17.2 Å². The fourth-order valence-corrected chi connectivity index (χ4v) is 5.02. The highest BCUT2D eigenvalue weighted by atomic mass is 32.2. The van der Waals surface area contributed by atoms with Gasteiger partial charge in [-0.2, -0.15) is 4.31 Å². The third-order valence-electron chi connectivity index (χ3n) is 4.89. The maximum absolute atomic E-state index is 13.0. The van der Waals surface area contributed by atoms with Crippen molar-refractivity contribution in [1.82, 2.24) is 4.31 Å². The van der Waals surface area contributed by atoms with Crippen LogP contribution in [0.4, 0.5) is 0 Å². The van der Waals surface area contributed by atoms with Gasteiger partial charge in [-0.25, -0.2) is 13.2 Å². The zero-order valence-electron chi connectivity index (χ0n) is 16.8. The molecule has 1 fully saturated rings. The molecule has 0 amide bonds. The lowest BCUT2D eigenvalue weighted by atomic mass is 10.1. The fraction of sp³-hybridized carbons (Fsp3) is 0.381. The quantitative estimate of drug-likeness (QED) is 0.527. The van der Waals surface area contributed by atoms with E-state index in [1.807, 2.05) is 0 Å². The number of hydrogen-bond donors (Lipinski definition) is 0. The Bertz CT molecular complexity index is 974. The summed E-state index contributed by atoms with van der Waals surface area (Å²) < 4.78 is 43.4. The summed E-state index contributed by atoms with van der Waals surface area (Å²) in [5, 5.41) is 0. The normalized spacial score (nSPS) is 15.0. The number of benzene rings is 2. The van der Waals surface area contributed by atoms with E-state index in [0.717, 1.165) is 19.3 Å². The van der Waals surface area contributed by atoms with Gasteiger partial charge < -0.3 is 14.2 Å². The van der Waals surface area contributed by atoms with Gasteiger partial charge in [0.25, 0.3) is 0 Å². The molecule has 0 atom stereocenters. The molecule has 1 aliphatic heterocycles. The van der Waals surface area contributed by atoms with Crippen LogP contribution in [-0.2, 0) is 10.0 Å². The standard InChI is InChI=1S/C21H25NO6S/c1-15-7-8-16(11-20(15)29(24,25)22-9-5-4-6-10-22)21(23)28-19-13-17(26-2)12-18(14-19)27-3/h7-8,11-14H,4-6,9-10H2,1-3H3. The summed E-state index contributed by atoms with van der Waals surface area (Å²) in [5.74, 6) is 0.538. The van der Waals surface area contributed by atoms with E-state index in [9.17, 15) is 13.2 Å². The molecule has 0 radical (unpaired) electrons. The third-order valence-corrected chi connectivity index (χ3v) is 6.93. The molecule has 0 bridgehead atoms. The molecule has 29 heavy (non-hydrogen) atoms. The molecule has 1 heterocycles. The summed E-state index contributed by atoms with van der Waals surface area (Å²) in [7, 11) is -0.661. The first-order valence-electron chi connectivity index (χ1n) is 9.41. The Balaban J connectivity index is 1.88. The summed E-state index contributed by atoms with van der Waals surface area (Å²) in [6, 6.07) is 9.34. The first kappa shape index (κ1) is 21.1. The van der Waals surface area contributed by atoms with Crippen LogP contribution in [0.5, 0.6) is 17.2 Å². The van der Waals surface area contributed by atoms with Gasteiger partial charge in [0.05, 0.1) is 24.7 Å². The molecule has 156 valence electrons. The number of aryl methyl sites for hydroxylation is 1. The van der Waals surface area contributed by atoms with Crippen LogP contribution in [0.15, 0.2) is 41.3 Å². The number of esters is 1. The Labute approximate surface area is 171 Å². The van der Waals surface area contributed by atoms with Crippen LogP contribution < -0.4 is 14.2 Å². The number of sulfonamides is 1. The number of nitrogens with zero attached hydrogens (tertiary/aromatic N) is 1. The fourth-order valence-electron chi connectivity index (χ4n) is 3.26. The van der Waals surface area contributed by atoms with Crippen LogP contribution in [0, 0.1) is 6.92 Å². The maximum Gasteiger partial charge on any atom is 0.343 e. The van der Waals surface area contributed by atoms with E-state index in [-0.39, 0.29) is 16.2 Å². The molecule has 1 saturated heterocycles. The van der Waals surface area contributed by atoms with Crippen molar-refractivity contribution in [1.29, 1.82) is 0 Å². The van der Waals surface area contributed by atoms with E-state index in [2.05, 4.69) is 0 Å². The van der Waals surface area contributed by atoms with Crippen LogP contribution in [-0.4, -0.2) is 46.0 Å². The smallest absolute Gasteiger partial charge is 0.343 e. The van der Waals surface area contributed by atoms with Crippen molar-refractivity contribution in [2.24, 2.45) is 0 Å². The first-order chi connectivity index (χ1) is 13.8. The molecule has 0 saturated carbocycles. The van der Waals surface area contributed by atoms with Crippen LogP contribution in [0.25, 0.3) is 0 Å². The third kappa shape index (κ3) is 4.71. The van der Waals surface area contributed by atoms with Crippen molar-refractivity contribution >= 4 is 16.0 Å². The Morgan fingerprint density at radius 3 is 2.07 bits per heavy atom. The molecule has 8 heteroatoms. The van der Waals surface area contributed by atoms with E-state index in [4.69, 9.17) is 14.2 Å². The van der Waals surface area contributed by atoms with E-state index in [1.165, 1.54) is 24.6 Å². The zero-order chi connectivity index (χ0) is 21.0. The molecule has 2 aromatic rings. The number of ether oxygens (including phenoxy) is 3. The topological polar surface area (TPSA) is 82.1 Å². The highest BCUT2D eigenvalue weighted by Crippen LogP contribution is 2.29. The van der Waals surface area contributed by atoms with Gasteiger partial charge in [0.2, 0.25) is 10.0 Å². The molecule has 0 unspecified atom stereocenters. The van der Waals surface area contributed by atoms with Crippen molar-refractivity contribution in [2.45, 2.75) is 31.1 Å². The van der Waals surface area contributed by atoms with Crippen molar-refractivity contribution in [3.63, 3.8) is 0 Å². The van der Waals surface area contributed by atoms with Gasteiger partial charge in [-0.05, 0) is 37.5 Å². The molecule has 0 spiro atoms. The molecular formula is C21H25NO6S. The van der Waals surface area contributed by atoms with Crippen molar-refractivity contribution in [2.75, 3.05) is 27.3 Å². The SMILES string of the molecule is COc1cc(OC)cc(OC(=O)c2ccc(C)c(S(=O)(=O)N3CCCCC3)c2)c1. The summed E-state index contributed by atoms with van der Waals surface area (Å²) in [4.78, 5) is 12.8. The number of piperidine rings is 1. The van der Waals surface area contributed by atoms with Crippen LogP contribution >= 0.6 is 0 Å². The predicted molar refractivity (Wildman–Crippen MR) is 108 cm³/mol. The number of carbonyl (C=O) groups is 1. The molecule has 0 aromatic heterocycles. The molecule has 0 aliphatic carbocycles. The minimum atomic E-state index is -3.66. The Morgan fingerprint density at radius 1 is 0.897 bits per heavy atom. The summed E-state index contributed by atoms with van der Waals surface area (Å²) in [5.41, 5.74) is 0.753. The highest BCUT2D eigenvalue weighted by molar-refractivity contribution is 7.89. The summed E-state index contributed by atoms with van der Waals surface area (Å²) in [6.07, 6.45) is 2.72. The minimum absolute atomic E-state index is 0.136. The van der Waals surface area contributed by atoms with E-state index in [1.54, 1.807) is 37.3 Å². The van der Waals surface area contributed by atoms with Crippen LogP contribution in [0.1, 0.15) is 35.2 Å². The molecule has 0 N–H and O–H groups in total. The monoisotopic (exact) mass is 419 g/mol. The van der Waals surface area contributed by atoms with Gasteiger partial charge in [0.15, 0.2) is 0 Å². The minimum Gasteiger partial charge on any atom is -0.496 e. The van der Waals surface area contributed by atoms with Gasteiger partial charge in [-0.3, -0.25) is 0 Å². The largest absolute Gasteiger partial charge is 0.496 e. The lowest BCUT2D eigenvalue weighted by Crippen LogP contribution is -2.36. The number of rotatable bonds is 6. The molecule has 1 aliphatic rings. The lowest BCUT2D eigenvalue weighted by Gasteiger charge is -2.26. The highest BCUT2D eigenvalue weighted by Gasteiger charge is 2.28. The zero-order valence-corrected chi connectivity index (χ0v) is 17.6. The molecular weight excluding hydrogens is 394 g/mol. The van der Waals surface area contributed by atoms with Crippen LogP contribution in [0.3, 0.4) is 0 Å². The Hall–Kier alpha value is -2.58. The Kier molecular flexibility index (Phi) is 6.44. The second-order valence-corrected chi connectivity index (χ2v) is 8.79. The molecule has 2 aromatic carbocycles. The first-order valence-corrected chi connectivity index (χ1v) is 10.8. The summed E-state index contributed by atoms with van der Waals surface area (Å²) >= 11 is 0. The second-order valence-electron chi connectivity index (χ2n) is 6.88. The average Bonchev–Trinajstić information content (AvgIpc) is 2.74. The number of hydrogen-bond acceptors (Lipinski definition) is 6. The molecule has 7 nitrogen and oxygen atoms in total. The predicted octanol–water partition coefficient (Wildman–Crippen LogP) is 3.41. The maximum atomic E-state index is 13.0. The Morgan fingerprint density at radius 2 is 1.48 bits per heavy atom. The van der Waals surface area contributed by atoms with E-state index in [0.29, 0.717) is 30.2 Å². The van der Waals surface area contributed by atoms with Gasteiger partial charge in [-0.15, -0.1) is 0 Å². The number of carbonyl (C=O) groups excluding carboxylic acids is 1. The summed E-state index contributed by atoms with van der Waals surface area (Å²) in [6.45, 7) is 2.72. The van der Waals surface area contributed by atoms with Crippen molar-refractivity contribution in [3.05, 3.63) is 47.5 Å². The van der Waals surface area contributed by atoms with Crippen molar-refractivity contribution < 1.29 is 27.4 Å². The average molecular weight is 419 g/mol. The molecule has 3 rings (SSSR count). The van der Waals surface area contributed by atoms with Gasteiger partial charge >= 0.3 is 5.97 Å². The van der Waals surface area contributed by atoms with Gasteiger partial charge in [0.1, 0.15) is 17.2 Å². The van der Waals surface area contributed by atoms with Gasteiger partial charge in [-0.1, -0.05) is 12.5 Å². The second kappa shape index (κ2) is 8.84. The van der Waals surface area contributed by atoms with Gasteiger partial charge in [0, 0.05) is 31.3 Å². The van der Waals surface area contributed by atoms with E-state index < -0.39 is 16.0 Å².